The number of fused-ring (bicyclic) bond motifs is 1. The Morgan fingerprint density at radius 3 is 2.61 bits per heavy atom. The second-order valence-corrected chi connectivity index (χ2v) is 8.17. The summed E-state index contributed by atoms with van der Waals surface area (Å²) < 4.78 is 53.3. The average molecular weight is 493 g/mol. The first-order valence-corrected chi connectivity index (χ1v) is 11.3. The van der Waals surface area contributed by atoms with Crippen LogP contribution in [0.2, 0.25) is 0 Å². The van der Waals surface area contributed by atoms with E-state index in [9.17, 15) is 13.2 Å². The normalized spacial score (nSPS) is 12.1. The third-order valence-electron chi connectivity index (χ3n) is 5.61. The van der Waals surface area contributed by atoms with Crippen molar-refractivity contribution in [3.63, 3.8) is 0 Å². The Bertz CT molecular complexity index is 1450. The van der Waals surface area contributed by atoms with E-state index in [2.05, 4.69) is 32.1 Å². The van der Waals surface area contributed by atoms with Crippen molar-refractivity contribution in [3.05, 3.63) is 96.1 Å². The molecule has 5 aromatic rings. The number of alkyl halides is 3. The summed E-state index contributed by atoms with van der Waals surface area (Å²) in [5.41, 5.74) is 1.65. The van der Waals surface area contributed by atoms with E-state index in [1.165, 1.54) is 18.4 Å². The van der Waals surface area contributed by atoms with E-state index in [1.807, 2.05) is 29.1 Å². The zero-order chi connectivity index (χ0) is 25.0. The zero-order valence-corrected chi connectivity index (χ0v) is 19.1. The maximum Gasteiger partial charge on any atom is 0.416 e. The van der Waals surface area contributed by atoms with Gasteiger partial charge in [-0.25, -0.2) is 4.98 Å². The smallest absolute Gasteiger partial charge is 0.416 e. The number of nitrogens with zero attached hydrogens (tertiary/aromatic N) is 5. The largest absolute Gasteiger partial charge is 0.487 e. The van der Waals surface area contributed by atoms with Gasteiger partial charge in [0, 0.05) is 42.5 Å². The van der Waals surface area contributed by atoms with Gasteiger partial charge in [0.1, 0.15) is 24.3 Å². The van der Waals surface area contributed by atoms with Gasteiger partial charge in [0.25, 0.3) is 0 Å². The third kappa shape index (κ3) is 5.65. The molecule has 3 heterocycles. The van der Waals surface area contributed by atoms with Gasteiger partial charge >= 0.3 is 6.18 Å². The van der Waals surface area contributed by atoms with Gasteiger partial charge in [-0.15, -0.1) is 5.10 Å². The van der Waals surface area contributed by atoms with Crippen LogP contribution in [0.25, 0.3) is 23.1 Å². The van der Waals surface area contributed by atoms with Gasteiger partial charge in [-0.1, -0.05) is 17.3 Å². The summed E-state index contributed by atoms with van der Waals surface area (Å²) in [6, 6.07) is 12.9. The van der Waals surface area contributed by atoms with Crippen LogP contribution < -0.4 is 4.74 Å². The highest BCUT2D eigenvalue weighted by Gasteiger charge is 2.29. The van der Waals surface area contributed by atoms with Crippen LogP contribution in [0.5, 0.6) is 5.75 Å². The van der Waals surface area contributed by atoms with Crippen molar-refractivity contribution in [1.82, 2.24) is 24.5 Å². The number of rotatable bonds is 9. The average Bonchev–Trinajstić information content (AvgIpc) is 3.63. The summed E-state index contributed by atoms with van der Waals surface area (Å²) >= 11 is 0. The lowest BCUT2D eigenvalue weighted by atomic mass is 10.1. The first kappa shape index (κ1) is 23.4. The predicted octanol–water partition coefficient (Wildman–Crippen LogP) is 6.08. The van der Waals surface area contributed by atoms with Crippen molar-refractivity contribution in [1.29, 1.82) is 0 Å². The molecular weight excluding hydrogens is 471 g/mol. The second-order valence-electron chi connectivity index (χ2n) is 8.17. The number of halogens is 3. The first-order chi connectivity index (χ1) is 17.4. The van der Waals surface area contributed by atoms with Crippen molar-refractivity contribution >= 4 is 23.1 Å². The zero-order valence-electron chi connectivity index (χ0n) is 19.1. The summed E-state index contributed by atoms with van der Waals surface area (Å²) in [5, 5.41) is 8.88. The standard InChI is InChI=1S/C26H22F3N5O2/c27-26(28,29)21-5-2-19(3-6-21)4-9-25-31-22(18-36-25)17-35-23-7-8-24-20(16-23)10-14-33(24)12-1-13-34-15-11-30-32-34/h2-11,14-16,18H,1,12-13,17H2/b9-4+. The Labute approximate surface area is 204 Å². The highest BCUT2D eigenvalue weighted by Crippen LogP contribution is 2.29. The lowest BCUT2D eigenvalue weighted by Crippen LogP contribution is -2.04. The van der Waals surface area contributed by atoms with Crippen LogP contribution >= 0.6 is 0 Å². The quantitative estimate of drug-likeness (QED) is 0.249. The van der Waals surface area contributed by atoms with Crippen LogP contribution in [0.1, 0.15) is 29.1 Å². The number of aryl methyl sites for hydroxylation is 2. The molecule has 36 heavy (non-hydrogen) atoms. The molecule has 5 rings (SSSR count). The fourth-order valence-corrected chi connectivity index (χ4v) is 3.79. The molecule has 0 atom stereocenters. The van der Waals surface area contributed by atoms with Crippen LogP contribution in [0.15, 0.2) is 77.8 Å². The van der Waals surface area contributed by atoms with Crippen molar-refractivity contribution in [2.24, 2.45) is 0 Å². The van der Waals surface area contributed by atoms with E-state index < -0.39 is 11.7 Å². The predicted molar refractivity (Wildman–Crippen MR) is 128 cm³/mol. The monoisotopic (exact) mass is 493 g/mol. The van der Waals surface area contributed by atoms with E-state index in [0.29, 0.717) is 22.9 Å². The van der Waals surface area contributed by atoms with Crippen molar-refractivity contribution < 1.29 is 22.3 Å². The number of ether oxygens (including phenoxy) is 1. The Hall–Kier alpha value is -4.34. The molecule has 0 spiro atoms. The summed E-state index contributed by atoms with van der Waals surface area (Å²) in [7, 11) is 0. The van der Waals surface area contributed by atoms with Gasteiger partial charge < -0.3 is 13.7 Å². The molecular formula is C26H22F3N5O2. The molecule has 2 aromatic carbocycles. The maximum atomic E-state index is 12.7. The molecule has 0 saturated carbocycles. The fourth-order valence-electron chi connectivity index (χ4n) is 3.79. The Kier molecular flexibility index (Phi) is 6.57. The molecule has 0 aliphatic rings. The Morgan fingerprint density at radius 2 is 1.83 bits per heavy atom. The molecule has 0 aliphatic carbocycles. The molecule has 3 aromatic heterocycles. The third-order valence-corrected chi connectivity index (χ3v) is 5.61. The minimum absolute atomic E-state index is 0.224. The maximum absolute atomic E-state index is 12.7. The SMILES string of the molecule is FC(F)(F)c1ccc(/C=C/c2nc(COc3ccc4c(ccn4CCCn4ccnn4)c3)co2)cc1. The molecule has 0 radical (unpaired) electrons. The molecule has 0 saturated heterocycles. The van der Waals surface area contributed by atoms with Gasteiger partial charge in [-0.05, 0) is 54.5 Å². The summed E-state index contributed by atoms with van der Waals surface area (Å²) in [5.74, 6) is 1.06. The number of hydrogen-bond donors (Lipinski definition) is 0. The number of oxazole rings is 1. The van der Waals surface area contributed by atoms with Crippen LogP contribution in [-0.2, 0) is 25.9 Å². The number of aromatic nitrogens is 5. The highest BCUT2D eigenvalue weighted by atomic mass is 19.4. The van der Waals surface area contributed by atoms with Gasteiger partial charge in [0.2, 0.25) is 5.89 Å². The highest BCUT2D eigenvalue weighted by molar-refractivity contribution is 5.81. The van der Waals surface area contributed by atoms with Crippen molar-refractivity contribution in [2.45, 2.75) is 32.3 Å². The minimum Gasteiger partial charge on any atom is -0.487 e. The molecule has 7 nitrogen and oxygen atoms in total. The molecule has 184 valence electrons. The van der Waals surface area contributed by atoms with Crippen LogP contribution in [0.4, 0.5) is 13.2 Å². The van der Waals surface area contributed by atoms with E-state index in [0.717, 1.165) is 42.5 Å². The molecule has 0 fully saturated rings. The van der Waals surface area contributed by atoms with E-state index in [1.54, 1.807) is 18.3 Å². The van der Waals surface area contributed by atoms with Crippen LogP contribution in [0.3, 0.4) is 0 Å². The Morgan fingerprint density at radius 1 is 0.972 bits per heavy atom. The topological polar surface area (TPSA) is 70.9 Å². The van der Waals surface area contributed by atoms with Gasteiger partial charge in [-0.2, -0.15) is 13.2 Å². The Balaban J connectivity index is 1.15. The molecule has 0 N–H and O–H groups in total. The molecule has 0 amide bonds. The first-order valence-electron chi connectivity index (χ1n) is 11.3. The molecule has 0 unspecified atom stereocenters. The van der Waals surface area contributed by atoms with Gasteiger partial charge in [0.15, 0.2) is 0 Å². The van der Waals surface area contributed by atoms with E-state index >= 15 is 0 Å². The van der Waals surface area contributed by atoms with Crippen LogP contribution in [0, 0.1) is 0 Å². The van der Waals surface area contributed by atoms with Gasteiger partial charge in [0.05, 0.1) is 11.8 Å². The van der Waals surface area contributed by atoms with Crippen LogP contribution in [-0.4, -0.2) is 24.5 Å². The lowest BCUT2D eigenvalue weighted by Gasteiger charge is -2.07. The van der Waals surface area contributed by atoms with Crippen molar-refractivity contribution in [2.75, 3.05) is 0 Å². The molecule has 10 heteroatoms. The van der Waals surface area contributed by atoms with Gasteiger partial charge in [-0.3, -0.25) is 4.68 Å². The molecule has 0 bridgehead atoms. The number of hydrogen-bond acceptors (Lipinski definition) is 5. The lowest BCUT2D eigenvalue weighted by molar-refractivity contribution is -0.137. The second kappa shape index (κ2) is 10.1. The van der Waals surface area contributed by atoms with E-state index in [-0.39, 0.29) is 6.61 Å². The van der Waals surface area contributed by atoms with Crippen molar-refractivity contribution in [3.8, 4) is 5.75 Å². The molecule has 0 aliphatic heterocycles. The fraction of sp³-hybridized carbons (Fsp3) is 0.192. The van der Waals surface area contributed by atoms with E-state index in [4.69, 9.17) is 9.15 Å². The summed E-state index contributed by atoms with van der Waals surface area (Å²) in [4.78, 5) is 4.34. The summed E-state index contributed by atoms with van der Waals surface area (Å²) in [6.07, 6.45) is 6.90. The number of benzene rings is 2. The minimum atomic E-state index is -4.35. The summed E-state index contributed by atoms with van der Waals surface area (Å²) in [6.45, 7) is 1.90.